The van der Waals surface area contributed by atoms with Gasteiger partial charge < -0.3 is 10.6 Å². The van der Waals surface area contributed by atoms with E-state index in [1.807, 2.05) is 48.5 Å². The quantitative estimate of drug-likeness (QED) is 0.609. The summed E-state index contributed by atoms with van der Waals surface area (Å²) in [6.45, 7) is 0.555. The highest BCUT2D eigenvalue weighted by molar-refractivity contribution is 9.10. The van der Waals surface area contributed by atoms with E-state index in [4.69, 9.17) is 0 Å². The van der Waals surface area contributed by atoms with E-state index in [-0.39, 0.29) is 18.4 Å². The highest BCUT2D eigenvalue weighted by Crippen LogP contribution is 2.12. The van der Waals surface area contributed by atoms with Crippen molar-refractivity contribution in [2.45, 2.75) is 19.5 Å². The van der Waals surface area contributed by atoms with Gasteiger partial charge in [-0.25, -0.2) is 0 Å². The number of carbonyl (C=O) groups excluding carboxylic acids is 2. The number of nitrogens with zero attached hydrogens (tertiary/aromatic N) is 2. The Kier molecular flexibility index (Phi) is 6.38. The number of carbonyl (C=O) groups is 2. The molecule has 0 aliphatic rings. The van der Waals surface area contributed by atoms with Crippen molar-refractivity contribution in [2.75, 3.05) is 5.32 Å². The normalized spacial score (nSPS) is 10.4. The summed E-state index contributed by atoms with van der Waals surface area (Å²) in [7, 11) is 0. The summed E-state index contributed by atoms with van der Waals surface area (Å²) in [6.07, 6.45) is 3.69. The number of anilines is 1. The van der Waals surface area contributed by atoms with Crippen LogP contribution < -0.4 is 10.6 Å². The van der Waals surface area contributed by atoms with Crippen molar-refractivity contribution in [1.82, 2.24) is 15.1 Å². The molecule has 7 heteroatoms. The summed E-state index contributed by atoms with van der Waals surface area (Å²) in [4.78, 5) is 24.1. The minimum Gasteiger partial charge on any atom is -0.352 e. The van der Waals surface area contributed by atoms with Gasteiger partial charge in [0.25, 0.3) is 0 Å². The molecule has 0 fully saturated rings. The third-order valence-corrected chi connectivity index (χ3v) is 4.37. The third kappa shape index (κ3) is 6.07. The fourth-order valence-corrected chi connectivity index (χ4v) is 2.82. The fraction of sp³-hybridized carbons (Fsp3) is 0.150. The Balaban J connectivity index is 1.50. The first kappa shape index (κ1) is 18.8. The van der Waals surface area contributed by atoms with Gasteiger partial charge in [-0.05, 0) is 41.5 Å². The van der Waals surface area contributed by atoms with E-state index < -0.39 is 0 Å². The van der Waals surface area contributed by atoms with Gasteiger partial charge in [-0.15, -0.1) is 0 Å². The van der Waals surface area contributed by atoms with Gasteiger partial charge in [0.15, 0.2) is 0 Å². The predicted molar refractivity (Wildman–Crippen MR) is 107 cm³/mol. The van der Waals surface area contributed by atoms with Crippen LogP contribution in [0.1, 0.15) is 11.1 Å². The van der Waals surface area contributed by atoms with Crippen molar-refractivity contribution in [3.8, 4) is 0 Å². The average Bonchev–Trinajstić information content (AvgIpc) is 3.15. The summed E-state index contributed by atoms with van der Waals surface area (Å²) in [5.41, 5.74) is 2.55. The number of benzene rings is 2. The van der Waals surface area contributed by atoms with E-state index in [0.29, 0.717) is 18.7 Å². The van der Waals surface area contributed by atoms with Crippen molar-refractivity contribution < 1.29 is 9.59 Å². The highest BCUT2D eigenvalue weighted by atomic mass is 79.9. The van der Waals surface area contributed by atoms with Crippen LogP contribution in [-0.4, -0.2) is 21.6 Å². The van der Waals surface area contributed by atoms with Gasteiger partial charge in [-0.1, -0.05) is 40.2 Å². The Morgan fingerprint density at radius 1 is 1.00 bits per heavy atom. The molecule has 6 nitrogen and oxygen atoms in total. The van der Waals surface area contributed by atoms with Crippen molar-refractivity contribution >= 4 is 33.4 Å². The third-order valence-electron chi connectivity index (χ3n) is 3.84. The van der Waals surface area contributed by atoms with Crippen LogP contribution in [0.25, 0.3) is 0 Å². The van der Waals surface area contributed by atoms with Crippen LogP contribution >= 0.6 is 15.9 Å². The molecule has 3 aromatic rings. The molecule has 0 saturated carbocycles. The van der Waals surface area contributed by atoms with E-state index in [2.05, 4.69) is 31.7 Å². The maximum atomic E-state index is 12.1. The molecular weight excluding hydrogens is 408 g/mol. The van der Waals surface area contributed by atoms with E-state index in [0.717, 1.165) is 15.6 Å². The van der Waals surface area contributed by atoms with E-state index >= 15 is 0 Å². The monoisotopic (exact) mass is 426 g/mol. The molecule has 0 unspecified atom stereocenters. The van der Waals surface area contributed by atoms with Crippen LogP contribution in [-0.2, 0) is 29.1 Å². The van der Waals surface area contributed by atoms with Crippen LogP contribution in [0.3, 0.4) is 0 Å². The Hall–Kier alpha value is -2.93. The van der Waals surface area contributed by atoms with Crippen molar-refractivity contribution in [2.24, 2.45) is 0 Å². The lowest BCUT2D eigenvalue weighted by Crippen LogP contribution is -2.24. The first-order valence-electron chi connectivity index (χ1n) is 8.46. The van der Waals surface area contributed by atoms with Gasteiger partial charge in [0.05, 0.1) is 6.42 Å². The first-order valence-corrected chi connectivity index (χ1v) is 9.25. The summed E-state index contributed by atoms with van der Waals surface area (Å²) in [6, 6.07) is 16.8. The molecule has 0 saturated heterocycles. The van der Waals surface area contributed by atoms with Gasteiger partial charge in [-0.2, -0.15) is 5.10 Å². The Labute approximate surface area is 165 Å². The Morgan fingerprint density at radius 3 is 2.56 bits per heavy atom. The standard InChI is InChI=1S/C20H19BrN4O2/c21-17-7-5-15(6-8-17)12-19(26)22-13-16-3-1-4-18(11-16)24-20(27)14-25-10-2-9-23-25/h1-11H,12-14H2,(H,22,26)(H,24,27). The summed E-state index contributed by atoms with van der Waals surface area (Å²) < 4.78 is 2.54. The lowest BCUT2D eigenvalue weighted by molar-refractivity contribution is -0.120. The number of nitrogens with one attached hydrogen (secondary N) is 2. The summed E-state index contributed by atoms with van der Waals surface area (Å²) in [5, 5.41) is 9.75. The topological polar surface area (TPSA) is 76.0 Å². The van der Waals surface area contributed by atoms with E-state index in [9.17, 15) is 9.59 Å². The van der Waals surface area contributed by atoms with Gasteiger partial charge in [0.2, 0.25) is 11.8 Å². The molecule has 0 aliphatic heterocycles. The van der Waals surface area contributed by atoms with Crippen molar-refractivity contribution in [1.29, 1.82) is 0 Å². The fourth-order valence-electron chi connectivity index (χ4n) is 2.55. The minimum atomic E-state index is -0.157. The van der Waals surface area contributed by atoms with Crippen LogP contribution in [0.2, 0.25) is 0 Å². The zero-order chi connectivity index (χ0) is 19.1. The number of amides is 2. The maximum Gasteiger partial charge on any atom is 0.246 e. The maximum absolute atomic E-state index is 12.1. The Morgan fingerprint density at radius 2 is 1.81 bits per heavy atom. The zero-order valence-electron chi connectivity index (χ0n) is 14.6. The SMILES string of the molecule is O=C(Cc1ccc(Br)cc1)NCc1cccc(NC(=O)Cn2cccn2)c1. The van der Waals surface area contributed by atoms with Gasteiger partial charge in [0.1, 0.15) is 6.54 Å². The minimum absolute atomic E-state index is 0.0505. The zero-order valence-corrected chi connectivity index (χ0v) is 16.1. The van der Waals surface area contributed by atoms with Crippen LogP contribution in [0.5, 0.6) is 0 Å². The van der Waals surface area contributed by atoms with Crippen molar-refractivity contribution in [3.05, 3.63) is 82.6 Å². The molecule has 0 bridgehead atoms. The van der Waals surface area contributed by atoms with E-state index in [1.54, 1.807) is 23.1 Å². The smallest absolute Gasteiger partial charge is 0.246 e. The van der Waals surface area contributed by atoms with Crippen molar-refractivity contribution in [3.63, 3.8) is 0 Å². The van der Waals surface area contributed by atoms with Gasteiger partial charge >= 0.3 is 0 Å². The number of hydrogen-bond donors (Lipinski definition) is 2. The molecule has 2 aromatic carbocycles. The number of rotatable bonds is 7. The molecule has 0 spiro atoms. The molecule has 2 amide bonds. The molecule has 27 heavy (non-hydrogen) atoms. The number of aromatic nitrogens is 2. The second-order valence-corrected chi connectivity index (χ2v) is 6.95. The summed E-state index contributed by atoms with van der Waals surface area (Å²) in [5.74, 6) is -0.208. The molecule has 1 aromatic heterocycles. The molecule has 1 heterocycles. The predicted octanol–water partition coefficient (Wildman–Crippen LogP) is 3.14. The first-order chi connectivity index (χ1) is 13.1. The van der Waals surface area contributed by atoms with Crippen LogP contribution in [0.15, 0.2) is 71.5 Å². The number of hydrogen-bond acceptors (Lipinski definition) is 3. The Bertz CT molecular complexity index is 908. The molecule has 138 valence electrons. The van der Waals surface area contributed by atoms with Crippen LogP contribution in [0.4, 0.5) is 5.69 Å². The van der Waals surface area contributed by atoms with E-state index in [1.165, 1.54) is 0 Å². The second-order valence-electron chi connectivity index (χ2n) is 6.03. The molecular formula is C20H19BrN4O2. The second kappa shape index (κ2) is 9.14. The molecule has 2 N–H and O–H groups in total. The van der Waals surface area contributed by atoms with Crippen LogP contribution in [0, 0.1) is 0 Å². The van der Waals surface area contributed by atoms with Gasteiger partial charge in [0, 0.05) is 29.1 Å². The summed E-state index contributed by atoms with van der Waals surface area (Å²) >= 11 is 3.38. The number of halogens is 1. The largest absolute Gasteiger partial charge is 0.352 e. The lowest BCUT2D eigenvalue weighted by atomic mass is 10.1. The highest BCUT2D eigenvalue weighted by Gasteiger charge is 2.06. The van der Waals surface area contributed by atoms with Gasteiger partial charge in [-0.3, -0.25) is 14.3 Å². The molecule has 3 rings (SSSR count). The lowest BCUT2D eigenvalue weighted by Gasteiger charge is -2.09. The molecule has 0 radical (unpaired) electrons. The average molecular weight is 427 g/mol. The molecule has 0 aliphatic carbocycles. The molecule has 0 atom stereocenters.